The summed E-state index contributed by atoms with van der Waals surface area (Å²) in [4.78, 5) is 2.71. The van der Waals surface area contributed by atoms with Gasteiger partial charge < -0.3 is 5.32 Å². The van der Waals surface area contributed by atoms with E-state index >= 15 is 0 Å². The van der Waals surface area contributed by atoms with E-state index in [0.29, 0.717) is 6.04 Å². The van der Waals surface area contributed by atoms with Crippen molar-refractivity contribution in [2.75, 3.05) is 19.6 Å². The molecule has 1 N–H and O–H groups in total. The molecule has 2 nitrogen and oxygen atoms in total. The number of hydrogen-bond acceptors (Lipinski definition) is 2. The van der Waals surface area contributed by atoms with Gasteiger partial charge in [-0.25, -0.2) is 0 Å². The van der Waals surface area contributed by atoms with E-state index in [1.807, 2.05) is 0 Å². The SMILES string of the molecule is CC1CCNC(C)(c2ccccc2)CN1CCC1CC1. The molecule has 2 aliphatic rings. The van der Waals surface area contributed by atoms with Crippen LogP contribution in [0, 0.1) is 5.92 Å². The molecule has 1 saturated carbocycles. The van der Waals surface area contributed by atoms with Crippen molar-refractivity contribution in [3.63, 3.8) is 0 Å². The second-order valence-corrected chi connectivity index (χ2v) is 6.97. The highest BCUT2D eigenvalue weighted by Gasteiger charge is 2.33. The molecule has 3 rings (SSSR count). The Morgan fingerprint density at radius 1 is 1.20 bits per heavy atom. The van der Waals surface area contributed by atoms with Crippen LogP contribution in [-0.2, 0) is 5.54 Å². The molecule has 2 unspecified atom stereocenters. The highest BCUT2D eigenvalue weighted by Crippen LogP contribution is 2.33. The molecule has 1 aliphatic heterocycles. The first kappa shape index (κ1) is 14.1. The molecular weight excluding hydrogens is 244 g/mol. The third kappa shape index (κ3) is 3.24. The second kappa shape index (κ2) is 5.87. The minimum absolute atomic E-state index is 0.0928. The minimum atomic E-state index is 0.0928. The van der Waals surface area contributed by atoms with Crippen molar-refractivity contribution in [1.82, 2.24) is 10.2 Å². The maximum atomic E-state index is 3.80. The lowest BCUT2D eigenvalue weighted by Crippen LogP contribution is -2.47. The molecule has 0 radical (unpaired) electrons. The molecule has 2 heteroatoms. The fourth-order valence-electron chi connectivity index (χ4n) is 3.41. The Morgan fingerprint density at radius 3 is 2.65 bits per heavy atom. The molecule has 0 spiro atoms. The predicted octanol–water partition coefficient (Wildman–Crippen LogP) is 3.39. The van der Waals surface area contributed by atoms with E-state index < -0.39 is 0 Å². The van der Waals surface area contributed by atoms with Gasteiger partial charge in [-0.15, -0.1) is 0 Å². The molecule has 1 aliphatic carbocycles. The molecule has 1 heterocycles. The fourth-order valence-corrected chi connectivity index (χ4v) is 3.41. The van der Waals surface area contributed by atoms with Crippen LogP contribution in [0.3, 0.4) is 0 Å². The summed E-state index contributed by atoms with van der Waals surface area (Å²) in [6, 6.07) is 11.7. The maximum absolute atomic E-state index is 3.80. The monoisotopic (exact) mass is 272 g/mol. The lowest BCUT2D eigenvalue weighted by Gasteiger charge is -2.36. The lowest BCUT2D eigenvalue weighted by atomic mass is 9.91. The Hall–Kier alpha value is -0.860. The highest BCUT2D eigenvalue weighted by molar-refractivity contribution is 5.24. The van der Waals surface area contributed by atoms with Crippen LogP contribution in [0.5, 0.6) is 0 Å². The molecule has 1 aromatic carbocycles. The highest BCUT2D eigenvalue weighted by atomic mass is 15.2. The van der Waals surface area contributed by atoms with E-state index in [-0.39, 0.29) is 5.54 Å². The summed E-state index contributed by atoms with van der Waals surface area (Å²) in [5.41, 5.74) is 1.51. The van der Waals surface area contributed by atoms with Gasteiger partial charge in [0, 0.05) is 12.6 Å². The van der Waals surface area contributed by atoms with Crippen LogP contribution in [0.15, 0.2) is 30.3 Å². The van der Waals surface area contributed by atoms with E-state index in [4.69, 9.17) is 0 Å². The third-order valence-corrected chi connectivity index (χ3v) is 5.15. The molecule has 0 bridgehead atoms. The van der Waals surface area contributed by atoms with Crippen molar-refractivity contribution in [2.45, 2.75) is 51.1 Å². The molecule has 0 amide bonds. The molecular formula is C18H28N2. The van der Waals surface area contributed by atoms with Crippen molar-refractivity contribution < 1.29 is 0 Å². The van der Waals surface area contributed by atoms with Gasteiger partial charge in [0.15, 0.2) is 0 Å². The largest absolute Gasteiger partial charge is 0.306 e. The van der Waals surface area contributed by atoms with Gasteiger partial charge in [0.1, 0.15) is 0 Å². The first-order valence-corrected chi connectivity index (χ1v) is 8.22. The second-order valence-electron chi connectivity index (χ2n) is 6.97. The van der Waals surface area contributed by atoms with Crippen LogP contribution in [0.4, 0.5) is 0 Å². The van der Waals surface area contributed by atoms with Crippen LogP contribution in [-0.4, -0.2) is 30.6 Å². The number of benzene rings is 1. The van der Waals surface area contributed by atoms with Gasteiger partial charge >= 0.3 is 0 Å². The first-order valence-electron chi connectivity index (χ1n) is 8.22. The summed E-state index contributed by atoms with van der Waals surface area (Å²) < 4.78 is 0. The molecule has 20 heavy (non-hydrogen) atoms. The normalized spacial score (nSPS) is 32.0. The van der Waals surface area contributed by atoms with Crippen molar-refractivity contribution in [1.29, 1.82) is 0 Å². The predicted molar refractivity (Wildman–Crippen MR) is 84.8 cm³/mol. The average Bonchev–Trinajstić information content (AvgIpc) is 3.28. The number of hydrogen-bond donors (Lipinski definition) is 1. The lowest BCUT2D eigenvalue weighted by molar-refractivity contribution is 0.169. The van der Waals surface area contributed by atoms with Crippen LogP contribution < -0.4 is 5.32 Å². The van der Waals surface area contributed by atoms with Crippen molar-refractivity contribution in [2.24, 2.45) is 5.92 Å². The Morgan fingerprint density at radius 2 is 1.95 bits per heavy atom. The van der Waals surface area contributed by atoms with Crippen molar-refractivity contribution in [3.8, 4) is 0 Å². The zero-order chi connectivity index (χ0) is 14.0. The molecule has 110 valence electrons. The van der Waals surface area contributed by atoms with Crippen LogP contribution in [0.25, 0.3) is 0 Å². The summed E-state index contributed by atoms with van der Waals surface area (Å²) in [5, 5.41) is 3.80. The van der Waals surface area contributed by atoms with Gasteiger partial charge in [-0.3, -0.25) is 4.90 Å². The van der Waals surface area contributed by atoms with Crippen LogP contribution >= 0.6 is 0 Å². The van der Waals surface area contributed by atoms with E-state index in [9.17, 15) is 0 Å². The van der Waals surface area contributed by atoms with E-state index in [1.165, 1.54) is 37.8 Å². The maximum Gasteiger partial charge on any atom is 0.0535 e. The van der Waals surface area contributed by atoms with Gasteiger partial charge in [0.25, 0.3) is 0 Å². The van der Waals surface area contributed by atoms with E-state index in [2.05, 4.69) is 54.4 Å². The molecule has 2 fully saturated rings. The van der Waals surface area contributed by atoms with Crippen LogP contribution in [0.2, 0.25) is 0 Å². The average molecular weight is 272 g/mol. The quantitative estimate of drug-likeness (QED) is 0.904. The Kier molecular flexibility index (Phi) is 4.13. The van der Waals surface area contributed by atoms with Gasteiger partial charge in [-0.1, -0.05) is 43.2 Å². The molecule has 1 saturated heterocycles. The Balaban J connectivity index is 1.73. The number of rotatable bonds is 4. The minimum Gasteiger partial charge on any atom is -0.306 e. The van der Waals surface area contributed by atoms with Gasteiger partial charge in [-0.05, 0) is 51.3 Å². The topological polar surface area (TPSA) is 15.3 Å². The summed E-state index contributed by atoms with van der Waals surface area (Å²) in [6.07, 6.45) is 5.59. The van der Waals surface area contributed by atoms with Gasteiger partial charge in [-0.2, -0.15) is 0 Å². The van der Waals surface area contributed by atoms with Gasteiger partial charge in [0.05, 0.1) is 5.54 Å². The Labute approximate surface area is 123 Å². The molecule has 0 aromatic heterocycles. The summed E-state index contributed by atoms with van der Waals surface area (Å²) in [5.74, 6) is 1.03. The molecule has 2 atom stereocenters. The van der Waals surface area contributed by atoms with E-state index in [1.54, 1.807) is 0 Å². The van der Waals surface area contributed by atoms with Crippen molar-refractivity contribution >= 4 is 0 Å². The van der Waals surface area contributed by atoms with E-state index in [0.717, 1.165) is 19.0 Å². The summed E-state index contributed by atoms with van der Waals surface area (Å²) >= 11 is 0. The zero-order valence-electron chi connectivity index (χ0n) is 12.9. The summed E-state index contributed by atoms with van der Waals surface area (Å²) in [7, 11) is 0. The number of nitrogens with zero attached hydrogens (tertiary/aromatic N) is 1. The standard InChI is InChI=1S/C18H28N2/c1-15-10-12-19-18(2,17-6-4-3-5-7-17)14-20(15)13-11-16-8-9-16/h3-7,15-16,19H,8-14H2,1-2H3. The third-order valence-electron chi connectivity index (χ3n) is 5.15. The fraction of sp³-hybridized carbons (Fsp3) is 0.667. The number of nitrogens with one attached hydrogen (secondary N) is 1. The molecule has 1 aromatic rings. The zero-order valence-corrected chi connectivity index (χ0v) is 12.9. The van der Waals surface area contributed by atoms with Crippen molar-refractivity contribution in [3.05, 3.63) is 35.9 Å². The van der Waals surface area contributed by atoms with Gasteiger partial charge in [0.2, 0.25) is 0 Å². The summed E-state index contributed by atoms with van der Waals surface area (Å²) in [6.45, 7) is 8.28. The first-order chi connectivity index (χ1) is 9.67. The Bertz CT molecular complexity index is 426. The smallest absolute Gasteiger partial charge is 0.0535 e. The van der Waals surface area contributed by atoms with Crippen LogP contribution in [0.1, 0.15) is 45.1 Å².